The largest absolute Gasteiger partial charge is 0.472 e. The molecule has 1 heterocycles. The van der Waals surface area contributed by atoms with Crippen LogP contribution in [0.5, 0.6) is 5.88 Å². The second kappa shape index (κ2) is 5.87. The summed E-state index contributed by atoms with van der Waals surface area (Å²) in [6.45, 7) is 1.70. The van der Waals surface area contributed by atoms with Crippen molar-refractivity contribution in [3.8, 4) is 5.88 Å². The van der Waals surface area contributed by atoms with E-state index in [-0.39, 0.29) is 12.2 Å². The fourth-order valence-electron chi connectivity index (χ4n) is 1.33. The number of amides is 1. The van der Waals surface area contributed by atoms with Gasteiger partial charge in [-0.05, 0) is 19.1 Å². The number of aromatic nitrogens is 1. The van der Waals surface area contributed by atoms with E-state index >= 15 is 0 Å². The van der Waals surface area contributed by atoms with Gasteiger partial charge in [0.15, 0.2) is 0 Å². The molecule has 0 aliphatic heterocycles. The molecule has 19 heavy (non-hydrogen) atoms. The lowest BCUT2D eigenvalue weighted by atomic mass is 10.2. The highest BCUT2D eigenvalue weighted by molar-refractivity contribution is 5.95. The number of methoxy groups -OCH3 is 1. The number of halogens is 3. The normalized spacial score (nSPS) is 13.1. The van der Waals surface area contributed by atoms with Crippen LogP contribution in [0.4, 0.5) is 13.2 Å². The molecule has 1 atom stereocenters. The number of hydrogen-bond acceptors (Lipinski definition) is 4. The summed E-state index contributed by atoms with van der Waals surface area (Å²) < 4.78 is 47.5. The van der Waals surface area contributed by atoms with Crippen molar-refractivity contribution in [2.75, 3.05) is 13.7 Å². The van der Waals surface area contributed by atoms with Gasteiger partial charge in [-0.3, -0.25) is 4.79 Å². The molecule has 0 radical (unpaired) electrons. The number of primary amides is 1. The Bertz CT molecular complexity index is 463. The van der Waals surface area contributed by atoms with E-state index in [4.69, 9.17) is 15.2 Å². The zero-order valence-electron chi connectivity index (χ0n) is 10.3. The van der Waals surface area contributed by atoms with Crippen LogP contribution in [0.15, 0.2) is 12.1 Å². The minimum absolute atomic E-state index is 0.135. The average Bonchev–Trinajstić information content (AvgIpc) is 2.27. The molecule has 0 spiro atoms. The number of ether oxygens (including phenoxy) is 2. The van der Waals surface area contributed by atoms with Gasteiger partial charge in [-0.25, -0.2) is 4.98 Å². The van der Waals surface area contributed by atoms with Gasteiger partial charge in [0, 0.05) is 7.11 Å². The topological polar surface area (TPSA) is 74.4 Å². The molecule has 1 aromatic rings. The van der Waals surface area contributed by atoms with Crippen molar-refractivity contribution >= 4 is 5.91 Å². The molecule has 106 valence electrons. The van der Waals surface area contributed by atoms with Crippen molar-refractivity contribution in [1.29, 1.82) is 0 Å². The summed E-state index contributed by atoms with van der Waals surface area (Å²) in [6.07, 6.45) is -5.20. The molecule has 1 rings (SSSR count). The van der Waals surface area contributed by atoms with Gasteiger partial charge in [0.1, 0.15) is 17.4 Å². The smallest absolute Gasteiger partial charge is 0.433 e. The first-order valence-corrected chi connectivity index (χ1v) is 5.29. The molecule has 0 fully saturated rings. The van der Waals surface area contributed by atoms with E-state index in [1.54, 1.807) is 6.92 Å². The number of rotatable bonds is 5. The van der Waals surface area contributed by atoms with Crippen LogP contribution in [0, 0.1) is 0 Å². The average molecular weight is 278 g/mol. The fourth-order valence-corrected chi connectivity index (χ4v) is 1.33. The molecule has 0 aromatic carbocycles. The van der Waals surface area contributed by atoms with Crippen molar-refractivity contribution < 1.29 is 27.4 Å². The van der Waals surface area contributed by atoms with E-state index < -0.39 is 29.8 Å². The number of carbonyl (C=O) groups is 1. The van der Waals surface area contributed by atoms with E-state index in [9.17, 15) is 18.0 Å². The summed E-state index contributed by atoms with van der Waals surface area (Å²) in [5.41, 5.74) is 3.68. The van der Waals surface area contributed by atoms with Gasteiger partial charge >= 0.3 is 6.18 Å². The molecule has 1 amide bonds. The number of alkyl halides is 3. The summed E-state index contributed by atoms with van der Waals surface area (Å²) in [5.74, 6) is -1.37. The van der Waals surface area contributed by atoms with Crippen LogP contribution < -0.4 is 10.5 Å². The van der Waals surface area contributed by atoms with Gasteiger partial charge in [0.25, 0.3) is 5.91 Å². The van der Waals surface area contributed by atoms with E-state index in [2.05, 4.69) is 4.98 Å². The predicted octanol–water partition coefficient (Wildman–Crippen LogP) is 1.61. The molecule has 0 bridgehead atoms. The van der Waals surface area contributed by atoms with E-state index in [0.29, 0.717) is 6.07 Å². The number of nitrogens with two attached hydrogens (primary N) is 1. The molecule has 0 aliphatic carbocycles. The number of carbonyl (C=O) groups excluding carboxylic acids is 1. The van der Waals surface area contributed by atoms with Crippen LogP contribution >= 0.6 is 0 Å². The molecule has 0 aliphatic rings. The third-order valence-corrected chi connectivity index (χ3v) is 2.13. The van der Waals surface area contributed by atoms with Crippen molar-refractivity contribution in [3.63, 3.8) is 0 Å². The second-order valence-corrected chi connectivity index (χ2v) is 3.80. The maximum Gasteiger partial charge on any atom is 0.433 e. The highest BCUT2D eigenvalue weighted by Crippen LogP contribution is 2.30. The molecule has 5 nitrogen and oxygen atoms in total. The van der Waals surface area contributed by atoms with Crippen LogP contribution in [0.3, 0.4) is 0 Å². The summed E-state index contributed by atoms with van der Waals surface area (Å²) in [4.78, 5) is 14.4. The Morgan fingerprint density at radius 2 is 2.11 bits per heavy atom. The van der Waals surface area contributed by atoms with Gasteiger partial charge in [0.2, 0.25) is 5.88 Å². The molecular formula is C11H13F3N2O3. The molecule has 8 heteroatoms. The lowest BCUT2D eigenvalue weighted by molar-refractivity contribution is -0.141. The van der Waals surface area contributed by atoms with E-state index in [0.717, 1.165) is 6.07 Å². The Kier molecular flexibility index (Phi) is 4.71. The highest BCUT2D eigenvalue weighted by atomic mass is 19.4. The highest BCUT2D eigenvalue weighted by Gasteiger charge is 2.34. The Hall–Kier alpha value is -1.83. The first-order valence-electron chi connectivity index (χ1n) is 5.29. The van der Waals surface area contributed by atoms with Crippen LogP contribution in [0.25, 0.3) is 0 Å². The maximum absolute atomic E-state index is 12.5. The van der Waals surface area contributed by atoms with Crippen molar-refractivity contribution in [2.45, 2.75) is 19.2 Å². The molecule has 2 N–H and O–H groups in total. The molecule has 0 saturated heterocycles. The minimum Gasteiger partial charge on any atom is -0.472 e. The fraction of sp³-hybridized carbons (Fsp3) is 0.455. The van der Waals surface area contributed by atoms with Crippen LogP contribution in [-0.4, -0.2) is 30.7 Å². The van der Waals surface area contributed by atoms with Gasteiger partial charge in [-0.2, -0.15) is 13.2 Å². The zero-order chi connectivity index (χ0) is 14.6. The summed E-state index contributed by atoms with van der Waals surface area (Å²) in [5, 5.41) is 0. The van der Waals surface area contributed by atoms with Gasteiger partial charge in [-0.1, -0.05) is 0 Å². The van der Waals surface area contributed by atoms with Crippen molar-refractivity contribution in [1.82, 2.24) is 4.98 Å². The Labute approximate surface area is 107 Å². The molecule has 1 aromatic heterocycles. The second-order valence-electron chi connectivity index (χ2n) is 3.80. The van der Waals surface area contributed by atoms with Crippen LogP contribution in [0.1, 0.15) is 23.0 Å². The first kappa shape index (κ1) is 15.2. The van der Waals surface area contributed by atoms with Gasteiger partial charge in [-0.15, -0.1) is 0 Å². The zero-order valence-corrected chi connectivity index (χ0v) is 10.3. The Morgan fingerprint density at radius 1 is 1.47 bits per heavy atom. The summed E-state index contributed by atoms with van der Waals surface area (Å²) >= 11 is 0. The lowest BCUT2D eigenvalue weighted by Gasteiger charge is -2.16. The third-order valence-electron chi connectivity index (χ3n) is 2.13. The summed E-state index contributed by atoms with van der Waals surface area (Å²) in [6, 6.07) is 1.61. The van der Waals surface area contributed by atoms with E-state index in [1.165, 1.54) is 7.11 Å². The van der Waals surface area contributed by atoms with Crippen LogP contribution in [-0.2, 0) is 10.9 Å². The Morgan fingerprint density at radius 3 is 2.58 bits per heavy atom. The maximum atomic E-state index is 12.5. The Balaban J connectivity index is 3.12. The summed E-state index contributed by atoms with van der Waals surface area (Å²) in [7, 11) is 1.41. The molecule has 1 unspecified atom stereocenters. The van der Waals surface area contributed by atoms with Crippen molar-refractivity contribution in [3.05, 3.63) is 23.4 Å². The van der Waals surface area contributed by atoms with Gasteiger partial charge < -0.3 is 15.2 Å². The lowest BCUT2D eigenvalue weighted by Crippen LogP contribution is -2.23. The van der Waals surface area contributed by atoms with Crippen LogP contribution in [0.2, 0.25) is 0 Å². The standard InChI is InChI=1S/C11H13F3N2O3/c1-6(5-18-2)19-10-7(9(15)17)3-4-8(16-10)11(12,13)14/h3-4,6H,5H2,1-2H3,(H2,15,17). The first-order chi connectivity index (χ1) is 8.75. The molecular weight excluding hydrogens is 265 g/mol. The minimum atomic E-state index is -4.63. The molecule has 0 saturated carbocycles. The van der Waals surface area contributed by atoms with E-state index in [1.807, 2.05) is 0 Å². The van der Waals surface area contributed by atoms with Crippen molar-refractivity contribution in [2.24, 2.45) is 5.73 Å². The third kappa shape index (κ3) is 4.09. The number of pyridine rings is 1. The monoisotopic (exact) mass is 278 g/mol. The number of hydrogen-bond donors (Lipinski definition) is 1. The predicted molar refractivity (Wildman–Crippen MR) is 59.7 cm³/mol. The SMILES string of the molecule is COCC(C)Oc1nc(C(F)(F)F)ccc1C(N)=O. The quantitative estimate of drug-likeness (QED) is 0.888. The van der Waals surface area contributed by atoms with Gasteiger partial charge in [0.05, 0.1) is 6.61 Å². The number of nitrogens with zero attached hydrogens (tertiary/aromatic N) is 1.